The van der Waals surface area contributed by atoms with E-state index in [0.717, 1.165) is 16.3 Å². The number of aromatic nitrogens is 4. The number of amides is 1. The van der Waals surface area contributed by atoms with Gasteiger partial charge in [-0.2, -0.15) is 0 Å². The zero-order chi connectivity index (χ0) is 19.5. The summed E-state index contributed by atoms with van der Waals surface area (Å²) in [7, 11) is 0. The molecule has 2 N–H and O–H groups in total. The number of carbonyl (C=O) groups excluding carboxylic acids is 1. The lowest BCUT2D eigenvalue weighted by atomic mass is 10.2. The number of thiazole rings is 1. The fourth-order valence-electron chi connectivity index (χ4n) is 2.85. The molecular weight excluding hydrogens is 374 g/mol. The molecule has 0 unspecified atom stereocenters. The molecule has 3 aromatic heterocycles. The Morgan fingerprint density at radius 3 is 2.79 bits per heavy atom. The minimum Gasteiger partial charge on any atom is -0.310 e. The fraction of sp³-hybridized carbons (Fsp3) is 0.150. The molecule has 7 nitrogen and oxygen atoms in total. The van der Waals surface area contributed by atoms with Crippen LogP contribution in [0.25, 0.3) is 21.5 Å². The molecule has 4 rings (SSSR count). The lowest BCUT2D eigenvalue weighted by Crippen LogP contribution is -2.16. The number of hydrogen-bond donors (Lipinski definition) is 2. The van der Waals surface area contributed by atoms with E-state index in [0.29, 0.717) is 28.3 Å². The van der Waals surface area contributed by atoms with Crippen LogP contribution in [0.2, 0.25) is 0 Å². The number of benzene rings is 1. The zero-order valence-electron chi connectivity index (χ0n) is 15.1. The standard InChI is InChI=1S/C20H17N5O2S/c1-12-18(15-8-4-5-11-21-15)28-20(22-12)25-17(26)10-9-16-23-14-7-3-2-6-13(14)19(27)24-16/h2-8,11H,9-10H2,1H3,(H,22,25,26)(H,23,24,27). The third-order valence-corrected chi connectivity index (χ3v) is 5.29. The molecule has 0 aliphatic carbocycles. The summed E-state index contributed by atoms with van der Waals surface area (Å²) < 4.78 is 0. The van der Waals surface area contributed by atoms with Gasteiger partial charge in [-0.1, -0.05) is 29.5 Å². The number of pyridine rings is 1. The van der Waals surface area contributed by atoms with Crippen molar-refractivity contribution in [2.45, 2.75) is 19.8 Å². The summed E-state index contributed by atoms with van der Waals surface area (Å²) in [4.78, 5) is 41.2. The van der Waals surface area contributed by atoms with Crippen molar-refractivity contribution >= 4 is 33.3 Å². The van der Waals surface area contributed by atoms with Crippen LogP contribution in [0.5, 0.6) is 0 Å². The quantitative estimate of drug-likeness (QED) is 0.543. The highest BCUT2D eigenvalue weighted by Crippen LogP contribution is 2.31. The van der Waals surface area contributed by atoms with E-state index in [1.165, 1.54) is 11.3 Å². The van der Waals surface area contributed by atoms with Crippen LogP contribution in [0, 0.1) is 6.92 Å². The second-order valence-corrected chi connectivity index (χ2v) is 7.23. The highest BCUT2D eigenvalue weighted by atomic mass is 32.1. The SMILES string of the molecule is Cc1nc(NC(=O)CCc2nc3ccccc3c(=O)[nH]2)sc1-c1ccccn1. The second-order valence-electron chi connectivity index (χ2n) is 6.23. The van der Waals surface area contributed by atoms with Gasteiger partial charge >= 0.3 is 0 Å². The van der Waals surface area contributed by atoms with Crippen molar-refractivity contribution in [1.82, 2.24) is 19.9 Å². The Balaban J connectivity index is 1.43. The van der Waals surface area contributed by atoms with Crippen molar-refractivity contribution in [3.05, 3.63) is 70.5 Å². The van der Waals surface area contributed by atoms with Crippen LogP contribution in [0.4, 0.5) is 5.13 Å². The minimum atomic E-state index is -0.198. The lowest BCUT2D eigenvalue weighted by molar-refractivity contribution is -0.116. The number of hydrogen-bond acceptors (Lipinski definition) is 6. The minimum absolute atomic E-state index is 0.183. The predicted octanol–water partition coefficient (Wildman–Crippen LogP) is 3.32. The molecule has 0 radical (unpaired) electrons. The summed E-state index contributed by atoms with van der Waals surface area (Å²) in [6, 6.07) is 12.8. The Bertz CT molecular complexity index is 1200. The topological polar surface area (TPSA) is 101 Å². The molecule has 0 atom stereocenters. The first kappa shape index (κ1) is 18.0. The van der Waals surface area contributed by atoms with Gasteiger partial charge in [-0.05, 0) is 31.2 Å². The molecule has 3 heterocycles. The predicted molar refractivity (Wildman–Crippen MR) is 109 cm³/mol. The molecule has 0 saturated heterocycles. The molecule has 1 amide bonds. The van der Waals surface area contributed by atoms with Crippen molar-refractivity contribution < 1.29 is 4.79 Å². The molecule has 0 spiro atoms. The van der Waals surface area contributed by atoms with Crippen LogP contribution >= 0.6 is 11.3 Å². The summed E-state index contributed by atoms with van der Waals surface area (Å²) in [5.41, 5.74) is 2.07. The van der Waals surface area contributed by atoms with Crippen LogP contribution < -0.4 is 10.9 Å². The third-order valence-electron chi connectivity index (χ3n) is 4.19. The van der Waals surface area contributed by atoms with E-state index in [1.54, 1.807) is 24.4 Å². The highest BCUT2D eigenvalue weighted by Gasteiger charge is 2.13. The number of aryl methyl sites for hydroxylation is 2. The molecule has 0 bridgehead atoms. The second kappa shape index (κ2) is 7.69. The van der Waals surface area contributed by atoms with Crippen molar-refractivity contribution in [3.63, 3.8) is 0 Å². The molecule has 0 aliphatic heterocycles. The number of para-hydroxylation sites is 1. The van der Waals surface area contributed by atoms with Gasteiger partial charge in [0.15, 0.2) is 5.13 Å². The van der Waals surface area contributed by atoms with E-state index in [-0.39, 0.29) is 17.9 Å². The molecule has 4 aromatic rings. The van der Waals surface area contributed by atoms with Crippen molar-refractivity contribution in [1.29, 1.82) is 0 Å². The van der Waals surface area contributed by atoms with Crippen molar-refractivity contribution in [3.8, 4) is 10.6 Å². The normalized spacial score (nSPS) is 10.9. The number of aromatic amines is 1. The Morgan fingerprint density at radius 1 is 1.14 bits per heavy atom. The van der Waals surface area contributed by atoms with E-state index in [1.807, 2.05) is 31.2 Å². The highest BCUT2D eigenvalue weighted by molar-refractivity contribution is 7.19. The third kappa shape index (κ3) is 3.81. The first-order valence-electron chi connectivity index (χ1n) is 8.77. The van der Waals surface area contributed by atoms with E-state index >= 15 is 0 Å². The van der Waals surface area contributed by atoms with Crippen molar-refractivity contribution in [2.75, 3.05) is 5.32 Å². The molecule has 0 fully saturated rings. The van der Waals surface area contributed by atoms with Crippen LogP contribution in [0.3, 0.4) is 0 Å². The number of nitrogens with zero attached hydrogens (tertiary/aromatic N) is 3. The number of carbonyl (C=O) groups is 1. The van der Waals surface area contributed by atoms with E-state index in [2.05, 4.69) is 25.3 Å². The van der Waals surface area contributed by atoms with Gasteiger partial charge in [0.2, 0.25) is 5.91 Å². The lowest BCUT2D eigenvalue weighted by Gasteiger charge is -2.03. The zero-order valence-corrected chi connectivity index (χ0v) is 15.9. The molecule has 0 saturated carbocycles. The summed E-state index contributed by atoms with van der Waals surface area (Å²) in [6.07, 6.45) is 2.26. The number of fused-ring (bicyclic) bond motifs is 1. The maximum absolute atomic E-state index is 12.3. The van der Waals surface area contributed by atoms with Gasteiger partial charge in [0.05, 0.1) is 27.2 Å². The van der Waals surface area contributed by atoms with Gasteiger partial charge in [0.1, 0.15) is 5.82 Å². The van der Waals surface area contributed by atoms with Gasteiger partial charge in [-0.15, -0.1) is 0 Å². The first-order chi connectivity index (χ1) is 13.6. The summed E-state index contributed by atoms with van der Waals surface area (Å²) in [5, 5.41) is 3.88. The first-order valence-corrected chi connectivity index (χ1v) is 9.58. The molecule has 0 aliphatic rings. The number of nitrogens with one attached hydrogen (secondary N) is 2. The van der Waals surface area contributed by atoms with E-state index in [4.69, 9.17) is 0 Å². The molecule has 8 heteroatoms. The average Bonchev–Trinajstić information content (AvgIpc) is 3.07. The molecule has 1 aromatic carbocycles. The number of rotatable bonds is 5. The van der Waals surface area contributed by atoms with E-state index in [9.17, 15) is 9.59 Å². The monoisotopic (exact) mass is 391 g/mol. The Hall–Kier alpha value is -3.39. The molecule has 140 valence electrons. The van der Waals surface area contributed by atoms with Gasteiger partial charge in [0, 0.05) is 19.0 Å². The largest absolute Gasteiger partial charge is 0.310 e. The summed E-state index contributed by atoms with van der Waals surface area (Å²) in [5.74, 6) is 0.306. The Morgan fingerprint density at radius 2 is 1.96 bits per heavy atom. The Labute approximate surface area is 164 Å². The number of anilines is 1. The van der Waals surface area contributed by atoms with Crippen LogP contribution in [0.1, 0.15) is 17.9 Å². The summed E-state index contributed by atoms with van der Waals surface area (Å²) >= 11 is 1.39. The van der Waals surface area contributed by atoms with Gasteiger partial charge in [-0.25, -0.2) is 9.97 Å². The van der Waals surface area contributed by atoms with Crippen LogP contribution in [0.15, 0.2) is 53.5 Å². The maximum Gasteiger partial charge on any atom is 0.258 e. The van der Waals surface area contributed by atoms with Gasteiger partial charge in [0.25, 0.3) is 5.56 Å². The number of H-pyrrole nitrogens is 1. The van der Waals surface area contributed by atoms with Crippen LogP contribution in [-0.2, 0) is 11.2 Å². The molecule has 28 heavy (non-hydrogen) atoms. The smallest absolute Gasteiger partial charge is 0.258 e. The maximum atomic E-state index is 12.3. The Kier molecular flexibility index (Phi) is 4.94. The van der Waals surface area contributed by atoms with E-state index < -0.39 is 0 Å². The fourth-order valence-corrected chi connectivity index (χ4v) is 3.81. The van der Waals surface area contributed by atoms with Gasteiger partial charge < -0.3 is 10.3 Å². The van der Waals surface area contributed by atoms with Gasteiger partial charge in [-0.3, -0.25) is 14.6 Å². The molecular formula is C20H17N5O2S. The summed E-state index contributed by atoms with van der Waals surface area (Å²) in [6.45, 7) is 1.89. The van der Waals surface area contributed by atoms with Crippen LogP contribution in [-0.4, -0.2) is 25.8 Å². The average molecular weight is 391 g/mol. The van der Waals surface area contributed by atoms with Crippen molar-refractivity contribution in [2.24, 2.45) is 0 Å².